The SMILES string of the molecule is CCc1ccc(N=C2NC(=O)/C(=C/c3cc(I)c(OCc4cccc([N+](=O)[O-])c4)c(OC)c3)S2)cc1. The average Bonchev–Trinajstić information content (AvgIpc) is 3.21. The van der Waals surface area contributed by atoms with E-state index in [9.17, 15) is 14.9 Å². The molecular formula is C26H22IN3O5S. The Morgan fingerprint density at radius 2 is 1.92 bits per heavy atom. The Labute approximate surface area is 226 Å². The van der Waals surface area contributed by atoms with Gasteiger partial charge < -0.3 is 14.8 Å². The molecule has 1 N–H and O–H groups in total. The van der Waals surface area contributed by atoms with Crippen LogP contribution in [-0.2, 0) is 17.8 Å². The van der Waals surface area contributed by atoms with Crippen molar-refractivity contribution in [3.05, 3.63) is 95.9 Å². The van der Waals surface area contributed by atoms with Crippen LogP contribution in [0.15, 0.2) is 70.6 Å². The fourth-order valence-corrected chi connectivity index (χ4v) is 5.06. The molecule has 1 amide bonds. The molecule has 8 nitrogen and oxygen atoms in total. The maximum Gasteiger partial charge on any atom is 0.269 e. The van der Waals surface area contributed by atoms with Crippen LogP contribution in [0.25, 0.3) is 6.08 Å². The minimum atomic E-state index is -0.439. The quantitative estimate of drug-likeness (QED) is 0.139. The van der Waals surface area contributed by atoms with Crippen LogP contribution in [0.1, 0.15) is 23.6 Å². The first-order valence-corrected chi connectivity index (χ1v) is 12.9. The molecule has 0 spiro atoms. The fourth-order valence-electron chi connectivity index (χ4n) is 3.43. The second kappa shape index (κ2) is 11.6. The largest absolute Gasteiger partial charge is 0.493 e. The lowest BCUT2D eigenvalue weighted by Crippen LogP contribution is -2.19. The van der Waals surface area contributed by atoms with Gasteiger partial charge in [0.05, 0.1) is 26.2 Å². The van der Waals surface area contributed by atoms with Gasteiger partial charge in [-0.15, -0.1) is 0 Å². The zero-order valence-electron chi connectivity index (χ0n) is 19.5. The number of hydrogen-bond donors (Lipinski definition) is 1. The van der Waals surface area contributed by atoms with Gasteiger partial charge in [-0.2, -0.15) is 0 Å². The molecular weight excluding hydrogens is 593 g/mol. The van der Waals surface area contributed by atoms with Crippen LogP contribution in [0.5, 0.6) is 11.5 Å². The van der Waals surface area contributed by atoms with E-state index in [1.54, 1.807) is 24.3 Å². The summed E-state index contributed by atoms with van der Waals surface area (Å²) in [5.74, 6) is 0.796. The summed E-state index contributed by atoms with van der Waals surface area (Å²) in [5.41, 5.74) is 3.45. The molecule has 0 aliphatic carbocycles. The number of hydrogen-bond acceptors (Lipinski definition) is 7. The number of benzene rings is 3. The predicted molar refractivity (Wildman–Crippen MR) is 150 cm³/mol. The van der Waals surface area contributed by atoms with Crippen molar-refractivity contribution in [3.63, 3.8) is 0 Å². The van der Waals surface area contributed by atoms with E-state index >= 15 is 0 Å². The maximum atomic E-state index is 12.5. The van der Waals surface area contributed by atoms with Gasteiger partial charge >= 0.3 is 0 Å². The Morgan fingerprint density at radius 1 is 1.14 bits per heavy atom. The van der Waals surface area contributed by atoms with Crippen LogP contribution in [-0.4, -0.2) is 23.1 Å². The number of nitrogens with zero attached hydrogens (tertiary/aromatic N) is 2. The molecule has 3 aromatic carbocycles. The number of nitro groups is 1. The summed E-state index contributed by atoms with van der Waals surface area (Å²) < 4.78 is 12.3. The van der Waals surface area contributed by atoms with E-state index < -0.39 is 4.92 Å². The van der Waals surface area contributed by atoms with E-state index in [1.165, 1.54) is 36.6 Å². The summed E-state index contributed by atoms with van der Waals surface area (Å²) in [6.45, 7) is 2.24. The van der Waals surface area contributed by atoms with E-state index in [4.69, 9.17) is 9.47 Å². The van der Waals surface area contributed by atoms with Crippen molar-refractivity contribution in [2.24, 2.45) is 4.99 Å². The summed E-state index contributed by atoms with van der Waals surface area (Å²) in [4.78, 5) is 28.2. The van der Waals surface area contributed by atoms with E-state index in [-0.39, 0.29) is 18.2 Å². The first-order valence-electron chi connectivity index (χ1n) is 11.0. The number of amidine groups is 1. The molecule has 0 aromatic heterocycles. The van der Waals surface area contributed by atoms with Gasteiger partial charge in [-0.05, 0) is 87.8 Å². The second-order valence-electron chi connectivity index (χ2n) is 7.75. The third-order valence-corrected chi connectivity index (χ3v) is 6.99. The molecule has 0 unspecified atom stereocenters. The molecule has 36 heavy (non-hydrogen) atoms. The Hall–Kier alpha value is -3.38. The molecule has 10 heteroatoms. The number of aryl methyl sites for hydroxylation is 1. The van der Waals surface area contributed by atoms with E-state index in [0.29, 0.717) is 27.1 Å². The standard InChI is InChI=1S/C26H22IN3O5S/c1-3-16-7-9-19(10-8-16)28-26-29-25(31)23(36-26)14-18-12-21(27)24(22(13-18)34-2)35-15-17-5-4-6-20(11-17)30(32)33/h4-14H,3,15H2,1-2H3,(H,28,29,31)/b23-14-. The summed E-state index contributed by atoms with van der Waals surface area (Å²) in [5, 5.41) is 14.3. The minimum absolute atomic E-state index is 0.00737. The number of carbonyl (C=O) groups is 1. The molecule has 1 aliphatic heterocycles. The van der Waals surface area contributed by atoms with Crippen molar-refractivity contribution in [1.29, 1.82) is 0 Å². The highest BCUT2D eigenvalue weighted by Gasteiger charge is 2.24. The van der Waals surface area contributed by atoms with Gasteiger partial charge in [-0.1, -0.05) is 31.2 Å². The van der Waals surface area contributed by atoms with Gasteiger partial charge in [0.15, 0.2) is 16.7 Å². The Kier molecular flexibility index (Phi) is 8.26. The van der Waals surface area contributed by atoms with Crippen molar-refractivity contribution >= 4 is 62.9 Å². The van der Waals surface area contributed by atoms with Crippen LogP contribution in [0.3, 0.4) is 0 Å². The van der Waals surface area contributed by atoms with Crippen LogP contribution in [0.2, 0.25) is 0 Å². The van der Waals surface area contributed by atoms with Crippen LogP contribution in [0.4, 0.5) is 11.4 Å². The topological polar surface area (TPSA) is 103 Å². The highest BCUT2D eigenvalue weighted by molar-refractivity contribution is 14.1. The first kappa shape index (κ1) is 25.7. The molecule has 1 saturated heterocycles. The van der Waals surface area contributed by atoms with Crippen molar-refractivity contribution in [1.82, 2.24) is 5.32 Å². The number of amides is 1. The summed E-state index contributed by atoms with van der Waals surface area (Å²) in [6, 6.07) is 17.9. The Balaban J connectivity index is 1.51. The lowest BCUT2D eigenvalue weighted by atomic mass is 10.1. The Morgan fingerprint density at radius 3 is 2.61 bits per heavy atom. The van der Waals surface area contributed by atoms with Gasteiger partial charge in [0.1, 0.15) is 6.61 Å². The molecule has 1 heterocycles. The lowest BCUT2D eigenvalue weighted by Gasteiger charge is -2.14. The van der Waals surface area contributed by atoms with Gasteiger partial charge in [-0.25, -0.2) is 4.99 Å². The molecule has 4 rings (SSSR count). The number of nitro benzene ring substituents is 1. The van der Waals surface area contributed by atoms with Crippen molar-refractivity contribution in [2.75, 3.05) is 7.11 Å². The lowest BCUT2D eigenvalue weighted by molar-refractivity contribution is -0.384. The maximum absolute atomic E-state index is 12.5. The normalized spacial score (nSPS) is 15.2. The van der Waals surface area contributed by atoms with Crippen LogP contribution < -0.4 is 14.8 Å². The zero-order chi connectivity index (χ0) is 25.7. The first-order chi connectivity index (χ1) is 17.4. The molecule has 0 radical (unpaired) electrons. The monoisotopic (exact) mass is 615 g/mol. The average molecular weight is 615 g/mol. The molecule has 0 saturated carbocycles. The number of aliphatic imine (C=N–C) groups is 1. The number of ether oxygens (including phenoxy) is 2. The zero-order valence-corrected chi connectivity index (χ0v) is 22.5. The van der Waals surface area contributed by atoms with E-state index in [0.717, 1.165) is 21.2 Å². The van der Waals surface area contributed by atoms with E-state index in [2.05, 4.69) is 39.8 Å². The number of nitrogens with one attached hydrogen (secondary N) is 1. The van der Waals surface area contributed by atoms with Gasteiger partial charge in [0.25, 0.3) is 11.6 Å². The predicted octanol–water partition coefficient (Wildman–Crippen LogP) is 6.24. The van der Waals surface area contributed by atoms with Crippen molar-refractivity contribution in [3.8, 4) is 11.5 Å². The number of non-ortho nitro benzene ring substituents is 1. The minimum Gasteiger partial charge on any atom is -0.493 e. The molecule has 184 valence electrons. The number of methoxy groups -OCH3 is 1. The Bertz CT molecular complexity index is 1370. The summed E-state index contributed by atoms with van der Waals surface area (Å²) >= 11 is 3.41. The number of rotatable bonds is 8. The van der Waals surface area contributed by atoms with Gasteiger partial charge in [0, 0.05) is 12.1 Å². The smallest absolute Gasteiger partial charge is 0.269 e. The van der Waals surface area contributed by atoms with Crippen LogP contribution in [0, 0.1) is 13.7 Å². The third kappa shape index (κ3) is 6.24. The van der Waals surface area contributed by atoms with Gasteiger partial charge in [-0.3, -0.25) is 14.9 Å². The molecule has 0 atom stereocenters. The number of halogens is 1. The molecule has 3 aromatic rings. The molecule has 0 bridgehead atoms. The highest BCUT2D eigenvalue weighted by atomic mass is 127. The number of carbonyl (C=O) groups excluding carboxylic acids is 1. The van der Waals surface area contributed by atoms with Crippen molar-refractivity contribution in [2.45, 2.75) is 20.0 Å². The number of thioether (sulfide) groups is 1. The third-order valence-electron chi connectivity index (χ3n) is 5.28. The van der Waals surface area contributed by atoms with Crippen molar-refractivity contribution < 1.29 is 19.2 Å². The van der Waals surface area contributed by atoms with Gasteiger partial charge in [0.2, 0.25) is 0 Å². The second-order valence-corrected chi connectivity index (χ2v) is 9.94. The summed E-state index contributed by atoms with van der Waals surface area (Å²) in [6.07, 6.45) is 2.73. The van der Waals surface area contributed by atoms with E-state index in [1.807, 2.05) is 30.3 Å². The highest BCUT2D eigenvalue weighted by Crippen LogP contribution is 2.36. The fraction of sp³-hybridized carbons (Fsp3) is 0.154. The summed E-state index contributed by atoms with van der Waals surface area (Å²) in [7, 11) is 1.54. The molecule has 1 fully saturated rings. The van der Waals surface area contributed by atoms with Crippen LogP contribution >= 0.6 is 34.4 Å². The molecule has 1 aliphatic rings.